The van der Waals surface area contributed by atoms with Gasteiger partial charge in [0.1, 0.15) is 10.8 Å². The topological polar surface area (TPSA) is 67.4 Å². The lowest BCUT2D eigenvalue weighted by Gasteiger charge is -2.13. The van der Waals surface area contributed by atoms with Crippen LogP contribution in [0.15, 0.2) is 24.3 Å². The van der Waals surface area contributed by atoms with Crippen molar-refractivity contribution in [2.75, 3.05) is 12.4 Å². The highest BCUT2D eigenvalue weighted by atomic mass is 32.1. The highest BCUT2D eigenvalue weighted by molar-refractivity contribution is 7.17. The van der Waals surface area contributed by atoms with Gasteiger partial charge in [0.15, 0.2) is 0 Å². The lowest BCUT2D eigenvalue weighted by Crippen LogP contribution is -2.25. The molecule has 3 rings (SSSR count). The molecule has 132 valence electrons. The number of methoxy groups -OCH3 is 1. The van der Waals surface area contributed by atoms with Crippen molar-refractivity contribution >= 4 is 28.2 Å². The Bertz CT molecular complexity index is 781. The van der Waals surface area contributed by atoms with E-state index in [-0.39, 0.29) is 11.8 Å². The smallest absolute Gasteiger partial charge is 0.254 e. The quantitative estimate of drug-likeness (QED) is 0.859. The minimum atomic E-state index is -0.150. The maximum atomic E-state index is 12.8. The van der Waals surface area contributed by atoms with Gasteiger partial charge < -0.3 is 15.4 Å². The zero-order valence-corrected chi connectivity index (χ0v) is 15.3. The van der Waals surface area contributed by atoms with Gasteiger partial charge in [-0.15, -0.1) is 11.3 Å². The maximum absolute atomic E-state index is 12.8. The summed E-state index contributed by atoms with van der Waals surface area (Å²) in [6, 6.07) is 7.60. The number of carbonyl (C=O) groups is 2. The number of aryl methyl sites for hydroxylation is 1. The van der Waals surface area contributed by atoms with Gasteiger partial charge in [-0.05, 0) is 48.9 Å². The molecular weight excluding hydrogens is 336 g/mol. The van der Waals surface area contributed by atoms with Crippen LogP contribution in [0.25, 0.3) is 0 Å². The van der Waals surface area contributed by atoms with Crippen LogP contribution >= 0.6 is 11.3 Å². The molecule has 0 saturated heterocycles. The van der Waals surface area contributed by atoms with Crippen molar-refractivity contribution in [1.29, 1.82) is 0 Å². The first-order valence-electron chi connectivity index (χ1n) is 8.41. The molecule has 5 nitrogen and oxygen atoms in total. The molecule has 2 aromatic rings. The number of fused-ring (bicyclic) bond motifs is 1. The highest BCUT2D eigenvalue weighted by Crippen LogP contribution is 2.38. The molecule has 0 bridgehead atoms. The van der Waals surface area contributed by atoms with E-state index in [2.05, 4.69) is 10.6 Å². The summed E-state index contributed by atoms with van der Waals surface area (Å²) < 4.78 is 5.14. The van der Waals surface area contributed by atoms with Crippen LogP contribution in [0, 0.1) is 0 Å². The molecule has 1 aromatic carbocycles. The summed E-state index contributed by atoms with van der Waals surface area (Å²) in [5.41, 5.74) is 2.75. The van der Waals surface area contributed by atoms with Gasteiger partial charge >= 0.3 is 0 Å². The van der Waals surface area contributed by atoms with E-state index in [9.17, 15) is 9.59 Å². The molecule has 0 atom stereocenters. The van der Waals surface area contributed by atoms with Gasteiger partial charge in [0, 0.05) is 18.3 Å². The normalized spacial score (nSPS) is 13.0. The Morgan fingerprint density at radius 3 is 2.56 bits per heavy atom. The molecule has 6 heteroatoms. The highest BCUT2D eigenvalue weighted by Gasteiger charge is 2.25. The fourth-order valence-corrected chi connectivity index (χ4v) is 4.40. The van der Waals surface area contributed by atoms with E-state index in [1.807, 2.05) is 24.3 Å². The molecule has 2 N–H and O–H groups in total. The van der Waals surface area contributed by atoms with Gasteiger partial charge in [-0.3, -0.25) is 9.59 Å². The number of thiophene rings is 1. The fourth-order valence-electron chi connectivity index (χ4n) is 3.07. The van der Waals surface area contributed by atoms with Crippen molar-refractivity contribution < 1.29 is 14.3 Å². The molecule has 0 fully saturated rings. The molecule has 2 amide bonds. The van der Waals surface area contributed by atoms with E-state index in [1.165, 1.54) is 23.1 Å². The zero-order valence-electron chi connectivity index (χ0n) is 14.5. The number of benzene rings is 1. The molecule has 0 radical (unpaired) electrons. The summed E-state index contributed by atoms with van der Waals surface area (Å²) in [7, 11) is 1.63. The summed E-state index contributed by atoms with van der Waals surface area (Å²) in [5, 5.41) is 6.48. The summed E-state index contributed by atoms with van der Waals surface area (Å²) in [6.45, 7) is 1.91. The third-order valence-electron chi connectivity index (χ3n) is 4.30. The van der Waals surface area contributed by atoms with Crippen molar-refractivity contribution in [1.82, 2.24) is 5.32 Å². The lowest BCUT2D eigenvalue weighted by atomic mass is 9.95. The molecule has 0 spiro atoms. The average Bonchev–Trinajstić information content (AvgIpc) is 2.97. The summed E-state index contributed by atoms with van der Waals surface area (Å²) in [5.74, 6) is 0.511. The second-order valence-electron chi connectivity index (χ2n) is 6.13. The second kappa shape index (κ2) is 7.70. The van der Waals surface area contributed by atoms with Crippen LogP contribution in [0.2, 0.25) is 0 Å². The van der Waals surface area contributed by atoms with Crippen molar-refractivity contribution in [2.24, 2.45) is 0 Å². The number of hydrogen-bond acceptors (Lipinski definition) is 4. The van der Waals surface area contributed by atoms with Crippen LogP contribution < -0.4 is 15.4 Å². The minimum Gasteiger partial charge on any atom is -0.497 e. The van der Waals surface area contributed by atoms with Crippen molar-refractivity contribution in [3.8, 4) is 5.75 Å². The Kier molecular flexibility index (Phi) is 5.38. The van der Waals surface area contributed by atoms with Crippen LogP contribution in [0.3, 0.4) is 0 Å². The molecule has 1 aliphatic carbocycles. The standard InChI is InChI=1S/C19H22N2O3S/c1-12(22)21-19-17(15-5-3-4-6-16(15)25-19)18(23)20-11-13-7-9-14(24-2)10-8-13/h7-10H,3-6,11H2,1-2H3,(H,20,23)(H,21,22). The summed E-state index contributed by atoms with van der Waals surface area (Å²) >= 11 is 1.54. The van der Waals surface area contributed by atoms with Gasteiger partial charge in [-0.2, -0.15) is 0 Å². The number of amides is 2. The number of anilines is 1. The van der Waals surface area contributed by atoms with Crippen molar-refractivity contribution in [3.05, 3.63) is 45.8 Å². The fraction of sp³-hybridized carbons (Fsp3) is 0.368. The van der Waals surface area contributed by atoms with Crippen molar-refractivity contribution in [3.63, 3.8) is 0 Å². The predicted molar refractivity (Wildman–Crippen MR) is 99.4 cm³/mol. The number of carbonyl (C=O) groups excluding carboxylic acids is 2. The Morgan fingerprint density at radius 1 is 1.16 bits per heavy atom. The monoisotopic (exact) mass is 358 g/mol. The second-order valence-corrected chi connectivity index (χ2v) is 7.23. The number of rotatable bonds is 5. The Labute approximate surface area is 151 Å². The van der Waals surface area contributed by atoms with Crippen LogP contribution in [0.1, 0.15) is 46.1 Å². The Hall–Kier alpha value is -2.34. The molecule has 0 saturated carbocycles. The van der Waals surface area contributed by atoms with Crippen LogP contribution in [0.4, 0.5) is 5.00 Å². The van der Waals surface area contributed by atoms with Crippen LogP contribution in [-0.2, 0) is 24.2 Å². The number of nitrogens with one attached hydrogen (secondary N) is 2. The average molecular weight is 358 g/mol. The third-order valence-corrected chi connectivity index (χ3v) is 5.51. The van der Waals surface area contributed by atoms with Gasteiger partial charge in [0.2, 0.25) is 5.91 Å². The van der Waals surface area contributed by atoms with E-state index in [4.69, 9.17) is 4.74 Å². The van der Waals surface area contributed by atoms with Crippen molar-refractivity contribution in [2.45, 2.75) is 39.2 Å². The first kappa shape index (κ1) is 17.5. The molecule has 25 heavy (non-hydrogen) atoms. The molecule has 1 aliphatic rings. The Balaban J connectivity index is 1.78. The molecule has 0 unspecified atom stereocenters. The summed E-state index contributed by atoms with van der Waals surface area (Å²) in [4.78, 5) is 25.5. The zero-order chi connectivity index (χ0) is 17.8. The lowest BCUT2D eigenvalue weighted by molar-refractivity contribution is -0.114. The third kappa shape index (κ3) is 4.02. The van der Waals surface area contributed by atoms with E-state index < -0.39 is 0 Å². The van der Waals surface area contributed by atoms with Gasteiger partial charge in [-0.25, -0.2) is 0 Å². The SMILES string of the molecule is COc1ccc(CNC(=O)c2c(NC(C)=O)sc3c2CCCC3)cc1. The first-order valence-corrected chi connectivity index (χ1v) is 9.23. The number of hydrogen-bond donors (Lipinski definition) is 2. The predicted octanol–water partition coefficient (Wildman–Crippen LogP) is 3.52. The molecule has 1 aromatic heterocycles. The number of ether oxygens (including phenoxy) is 1. The maximum Gasteiger partial charge on any atom is 0.254 e. The first-order chi connectivity index (χ1) is 12.1. The van der Waals surface area contributed by atoms with Gasteiger partial charge in [0.25, 0.3) is 5.91 Å². The molecule has 0 aliphatic heterocycles. The van der Waals surface area contributed by atoms with Gasteiger partial charge in [0.05, 0.1) is 12.7 Å². The van der Waals surface area contributed by atoms with Gasteiger partial charge in [-0.1, -0.05) is 12.1 Å². The van der Waals surface area contributed by atoms with Crippen LogP contribution in [-0.4, -0.2) is 18.9 Å². The van der Waals surface area contributed by atoms with E-state index in [0.29, 0.717) is 17.1 Å². The van der Waals surface area contributed by atoms with Crippen LogP contribution in [0.5, 0.6) is 5.75 Å². The molecule has 1 heterocycles. The summed E-state index contributed by atoms with van der Waals surface area (Å²) in [6.07, 6.45) is 4.11. The largest absolute Gasteiger partial charge is 0.497 e. The Morgan fingerprint density at radius 2 is 1.88 bits per heavy atom. The van der Waals surface area contributed by atoms with E-state index in [1.54, 1.807) is 7.11 Å². The minimum absolute atomic E-state index is 0.126. The van der Waals surface area contributed by atoms with E-state index in [0.717, 1.165) is 42.6 Å². The van der Waals surface area contributed by atoms with E-state index >= 15 is 0 Å². The molecular formula is C19H22N2O3S.